The van der Waals surface area contributed by atoms with E-state index in [1.165, 1.54) is 6.08 Å². The van der Waals surface area contributed by atoms with E-state index >= 15 is 0 Å². The quantitative estimate of drug-likeness (QED) is 0.372. The number of ether oxygens (including phenoxy) is 1. The molecule has 1 heterocycles. The lowest BCUT2D eigenvalue weighted by Crippen LogP contribution is -2.28. The Labute approximate surface area is 138 Å². The fourth-order valence-corrected chi connectivity index (χ4v) is 1.82. The van der Waals surface area contributed by atoms with Crippen molar-refractivity contribution in [3.63, 3.8) is 0 Å². The molecule has 1 amide bonds. The molecule has 0 bridgehead atoms. The third-order valence-electron chi connectivity index (χ3n) is 2.98. The van der Waals surface area contributed by atoms with Crippen LogP contribution in [0.4, 0.5) is 0 Å². The van der Waals surface area contributed by atoms with Gasteiger partial charge in [-0.15, -0.1) is 13.2 Å². The molecular weight excluding hydrogens is 292 g/mol. The van der Waals surface area contributed by atoms with Gasteiger partial charge in [-0.25, -0.2) is 4.79 Å². The van der Waals surface area contributed by atoms with Gasteiger partial charge in [0.25, 0.3) is 0 Å². The number of nitrogens with zero attached hydrogens (tertiary/aromatic N) is 2. The molecule has 0 aromatic heterocycles. The van der Waals surface area contributed by atoms with Crippen LogP contribution in [0.2, 0.25) is 0 Å². The first-order valence-corrected chi connectivity index (χ1v) is 7.37. The van der Waals surface area contributed by atoms with Gasteiger partial charge in [0.1, 0.15) is 12.3 Å². The normalized spacial score (nSPS) is 12.5. The van der Waals surface area contributed by atoms with Crippen molar-refractivity contribution in [1.82, 2.24) is 9.80 Å². The van der Waals surface area contributed by atoms with Crippen LogP contribution in [0.3, 0.4) is 0 Å². The van der Waals surface area contributed by atoms with Crippen LogP contribution < -0.4 is 0 Å². The van der Waals surface area contributed by atoms with Crippen molar-refractivity contribution in [1.29, 1.82) is 0 Å². The number of esters is 1. The summed E-state index contributed by atoms with van der Waals surface area (Å²) >= 11 is 0. The van der Waals surface area contributed by atoms with Crippen molar-refractivity contribution >= 4 is 11.9 Å². The predicted octanol–water partition coefficient (Wildman–Crippen LogP) is 2.66. The fraction of sp³-hybridized carbons (Fsp3) is 0.333. The predicted molar refractivity (Wildman–Crippen MR) is 93.4 cm³/mol. The Hall–Kier alpha value is -2.56. The summed E-state index contributed by atoms with van der Waals surface area (Å²) in [6.45, 7) is 19.9. The second-order valence-corrected chi connectivity index (χ2v) is 4.69. The maximum absolute atomic E-state index is 11.4. The third kappa shape index (κ3) is 7.85. The lowest BCUT2D eigenvalue weighted by molar-refractivity contribution is -0.139. The summed E-state index contributed by atoms with van der Waals surface area (Å²) in [6.07, 6.45) is 8.17. The number of hydrogen-bond acceptors (Lipinski definition) is 4. The first-order chi connectivity index (χ1) is 11.0. The molecule has 0 N–H and O–H groups in total. The van der Waals surface area contributed by atoms with E-state index in [0.717, 1.165) is 13.0 Å². The molecule has 1 fully saturated rings. The molecule has 126 valence electrons. The average Bonchev–Trinajstić information content (AvgIpc) is 2.97. The minimum absolute atomic E-state index is 0.188. The van der Waals surface area contributed by atoms with Crippen LogP contribution in [-0.4, -0.2) is 47.9 Å². The zero-order chi connectivity index (χ0) is 17.7. The maximum atomic E-state index is 11.4. The molecule has 0 aromatic rings. The molecule has 1 rings (SSSR count). The summed E-state index contributed by atoms with van der Waals surface area (Å²) in [4.78, 5) is 25.5. The Bertz CT molecular complexity index is 459. The molecule has 5 heteroatoms. The first-order valence-electron chi connectivity index (χ1n) is 7.37. The van der Waals surface area contributed by atoms with E-state index < -0.39 is 5.97 Å². The monoisotopic (exact) mass is 318 g/mol. The largest absolute Gasteiger partial charge is 0.457 e. The van der Waals surface area contributed by atoms with E-state index in [-0.39, 0.29) is 12.5 Å². The first kappa shape index (κ1) is 20.4. The minimum atomic E-state index is -0.446. The number of amides is 1. The molecule has 0 unspecified atom stereocenters. The van der Waals surface area contributed by atoms with Crippen LogP contribution in [0.1, 0.15) is 12.8 Å². The number of carbonyl (C=O) groups is 2. The van der Waals surface area contributed by atoms with Gasteiger partial charge >= 0.3 is 5.97 Å². The van der Waals surface area contributed by atoms with Gasteiger partial charge < -0.3 is 14.5 Å². The van der Waals surface area contributed by atoms with E-state index in [2.05, 4.69) is 32.9 Å². The van der Waals surface area contributed by atoms with Gasteiger partial charge in [0.15, 0.2) is 0 Å². The van der Waals surface area contributed by atoms with Crippen LogP contribution in [0.15, 0.2) is 63.0 Å². The smallest absolute Gasteiger partial charge is 0.354 e. The maximum Gasteiger partial charge on any atom is 0.354 e. The van der Waals surface area contributed by atoms with Crippen LogP contribution in [0.25, 0.3) is 0 Å². The molecule has 5 nitrogen and oxygen atoms in total. The molecule has 0 saturated carbocycles. The fourth-order valence-electron chi connectivity index (χ4n) is 1.82. The topological polar surface area (TPSA) is 49.9 Å². The zero-order valence-corrected chi connectivity index (χ0v) is 13.7. The highest BCUT2D eigenvalue weighted by atomic mass is 16.5. The highest BCUT2D eigenvalue weighted by Gasteiger charge is 2.16. The summed E-state index contributed by atoms with van der Waals surface area (Å²) in [5.41, 5.74) is 0.302. The standard InChI is InChI=1S/C12H17NO2.C6H9NO/c1-5-8-13(9-6-2)11(4)12(14)15-10-7-3;1-2-7-5-3-4-6(7)8/h5-7H,1-4,8-10H2;2H,1,3-5H2. The van der Waals surface area contributed by atoms with E-state index in [9.17, 15) is 9.59 Å². The van der Waals surface area contributed by atoms with Crippen LogP contribution in [0.5, 0.6) is 0 Å². The highest BCUT2D eigenvalue weighted by molar-refractivity contribution is 5.87. The molecular formula is C18H26N2O3. The van der Waals surface area contributed by atoms with Crippen molar-refractivity contribution in [3.8, 4) is 0 Å². The second-order valence-electron chi connectivity index (χ2n) is 4.69. The van der Waals surface area contributed by atoms with Crippen LogP contribution in [-0.2, 0) is 14.3 Å². The lowest BCUT2D eigenvalue weighted by atomic mass is 10.3. The van der Waals surface area contributed by atoms with Crippen LogP contribution >= 0.6 is 0 Å². The summed E-state index contributed by atoms with van der Waals surface area (Å²) in [6, 6.07) is 0. The Morgan fingerprint density at radius 2 is 1.78 bits per heavy atom. The molecule has 0 spiro atoms. The molecule has 0 radical (unpaired) electrons. The molecule has 1 aliphatic heterocycles. The van der Waals surface area contributed by atoms with Crippen molar-refractivity contribution < 1.29 is 14.3 Å². The van der Waals surface area contributed by atoms with E-state index in [1.807, 2.05) is 0 Å². The number of rotatable bonds is 9. The average molecular weight is 318 g/mol. The number of hydrogen-bond donors (Lipinski definition) is 0. The highest BCUT2D eigenvalue weighted by Crippen LogP contribution is 2.08. The Morgan fingerprint density at radius 1 is 1.17 bits per heavy atom. The Kier molecular flexibility index (Phi) is 10.7. The third-order valence-corrected chi connectivity index (χ3v) is 2.98. The Morgan fingerprint density at radius 3 is 2.13 bits per heavy atom. The van der Waals surface area contributed by atoms with Gasteiger partial charge in [-0.1, -0.05) is 38.0 Å². The summed E-state index contributed by atoms with van der Waals surface area (Å²) in [7, 11) is 0. The second kappa shape index (κ2) is 12.0. The molecule has 0 aromatic carbocycles. The molecule has 0 atom stereocenters. The van der Waals surface area contributed by atoms with Gasteiger partial charge in [-0.3, -0.25) is 4.79 Å². The van der Waals surface area contributed by atoms with Gasteiger partial charge in [-0.05, 0) is 12.6 Å². The van der Waals surface area contributed by atoms with E-state index in [0.29, 0.717) is 25.2 Å². The summed E-state index contributed by atoms with van der Waals surface area (Å²) in [5.74, 6) is -0.237. The van der Waals surface area contributed by atoms with Gasteiger partial charge in [0.05, 0.1) is 0 Å². The van der Waals surface area contributed by atoms with Crippen LogP contribution in [0, 0.1) is 0 Å². The van der Waals surface area contributed by atoms with Crippen molar-refractivity contribution in [2.45, 2.75) is 12.8 Å². The molecule has 1 saturated heterocycles. The van der Waals surface area contributed by atoms with Gasteiger partial charge in [0.2, 0.25) is 5.91 Å². The number of likely N-dealkylation sites (tertiary alicyclic amines) is 1. The summed E-state index contributed by atoms with van der Waals surface area (Å²) < 4.78 is 4.86. The van der Waals surface area contributed by atoms with Gasteiger partial charge in [-0.2, -0.15) is 0 Å². The minimum Gasteiger partial charge on any atom is -0.457 e. The molecule has 1 aliphatic rings. The lowest BCUT2D eigenvalue weighted by Gasteiger charge is -2.22. The van der Waals surface area contributed by atoms with E-state index in [1.54, 1.807) is 28.2 Å². The van der Waals surface area contributed by atoms with Crippen molar-refractivity contribution in [3.05, 3.63) is 63.0 Å². The van der Waals surface area contributed by atoms with Gasteiger partial charge in [0, 0.05) is 26.1 Å². The molecule has 0 aliphatic carbocycles. The van der Waals surface area contributed by atoms with E-state index in [4.69, 9.17) is 4.74 Å². The SMILES string of the molecule is C=CCOC(=O)C(=C)N(CC=C)CC=C.C=CN1CCCC1=O. The van der Waals surface area contributed by atoms with Crippen molar-refractivity contribution in [2.75, 3.05) is 26.2 Å². The van der Waals surface area contributed by atoms with Crippen molar-refractivity contribution in [2.24, 2.45) is 0 Å². The Balaban J connectivity index is 0.000000502. The number of carbonyl (C=O) groups excluding carboxylic acids is 2. The summed E-state index contributed by atoms with van der Waals surface area (Å²) in [5, 5.41) is 0. The molecule has 23 heavy (non-hydrogen) atoms. The zero-order valence-electron chi connectivity index (χ0n) is 13.7.